The van der Waals surface area contributed by atoms with Crippen LogP contribution in [0.4, 0.5) is 4.79 Å². The van der Waals surface area contributed by atoms with Gasteiger partial charge in [-0.15, -0.1) is 0 Å². The molecule has 0 spiro atoms. The molecule has 5 heteroatoms. The Hall–Kier alpha value is -0.680. The molecule has 1 aliphatic carbocycles. The van der Waals surface area contributed by atoms with E-state index in [1.54, 1.807) is 11.8 Å². The van der Waals surface area contributed by atoms with Crippen molar-refractivity contribution < 1.29 is 9.90 Å². The molecule has 4 nitrogen and oxygen atoms in total. The van der Waals surface area contributed by atoms with Gasteiger partial charge in [-0.05, 0) is 25.5 Å². The van der Waals surface area contributed by atoms with Gasteiger partial charge in [0.15, 0.2) is 0 Å². The fourth-order valence-electron chi connectivity index (χ4n) is 1.70. The molecule has 0 fully saturated rings. The van der Waals surface area contributed by atoms with Gasteiger partial charge in [0, 0.05) is 24.4 Å². The molecule has 0 bridgehead atoms. The molecule has 0 aromatic rings. The molecule has 0 heterocycles. The molecule has 0 saturated heterocycles. The second-order valence-electron chi connectivity index (χ2n) is 3.92. The van der Waals surface area contributed by atoms with Crippen LogP contribution >= 0.6 is 11.8 Å². The van der Waals surface area contributed by atoms with E-state index in [9.17, 15) is 4.79 Å². The van der Waals surface area contributed by atoms with Crippen LogP contribution in [0.15, 0.2) is 12.2 Å². The number of carbonyl (C=O) groups is 1. The monoisotopic (exact) mass is 244 g/mol. The predicted octanol–water partition coefficient (Wildman–Crippen LogP) is 1.12. The number of aliphatic hydroxyl groups excluding tert-OH is 1. The minimum Gasteiger partial charge on any atom is -0.396 e. The van der Waals surface area contributed by atoms with Crippen molar-refractivity contribution in [2.24, 2.45) is 0 Å². The minimum atomic E-state index is -0.124. The molecular formula is C11H20N2O2S. The summed E-state index contributed by atoms with van der Waals surface area (Å²) >= 11 is 1.67. The molecule has 16 heavy (non-hydrogen) atoms. The van der Waals surface area contributed by atoms with E-state index in [1.807, 2.05) is 6.26 Å². The lowest BCUT2D eigenvalue weighted by Crippen LogP contribution is -2.46. The van der Waals surface area contributed by atoms with Gasteiger partial charge < -0.3 is 15.7 Å². The first-order chi connectivity index (χ1) is 7.76. The summed E-state index contributed by atoms with van der Waals surface area (Å²) in [4.78, 5) is 11.6. The second kappa shape index (κ2) is 7.57. The van der Waals surface area contributed by atoms with E-state index < -0.39 is 0 Å². The molecule has 92 valence electrons. The predicted molar refractivity (Wildman–Crippen MR) is 67.7 cm³/mol. The maximum Gasteiger partial charge on any atom is 0.315 e. The van der Waals surface area contributed by atoms with E-state index in [1.165, 1.54) is 0 Å². The van der Waals surface area contributed by atoms with Crippen LogP contribution in [0.3, 0.4) is 0 Å². The lowest BCUT2D eigenvalue weighted by molar-refractivity contribution is 0.228. The highest BCUT2D eigenvalue weighted by Gasteiger charge is 2.15. The zero-order valence-corrected chi connectivity index (χ0v) is 10.4. The summed E-state index contributed by atoms with van der Waals surface area (Å²) in [6, 6.07) is 0.166. The topological polar surface area (TPSA) is 61.4 Å². The van der Waals surface area contributed by atoms with Gasteiger partial charge in [-0.3, -0.25) is 0 Å². The number of nitrogens with one attached hydrogen (secondary N) is 2. The van der Waals surface area contributed by atoms with E-state index in [0.29, 0.717) is 6.42 Å². The molecule has 0 aromatic carbocycles. The fourth-order valence-corrected chi connectivity index (χ4v) is 2.35. The maximum absolute atomic E-state index is 11.6. The van der Waals surface area contributed by atoms with Crippen LogP contribution in [-0.2, 0) is 0 Å². The summed E-state index contributed by atoms with van der Waals surface area (Å²) in [6.07, 6.45) is 8.60. The standard InChI is InChI=1S/C11H20N2O2S/c1-16-8-10(6-7-14)13-11(15)12-9-4-2-3-5-9/h2-3,9-10,14H,4-8H2,1H3,(H2,12,13,15). The minimum absolute atomic E-state index is 0.0503. The number of hydrogen-bond donors (Lipinski definition) is 3. The summed E-state index contributed by atoms with van der Waals surface area (Å²) < 4.78 is 0. The molecular weight excluding hydrogens is 224 g/mol. The third-order valence-electron chi connectivity index (χ3n) is 2.52. The van der Waals surface area contributed by atoms with Gasteiger partial charge in [0.2, 0.25) is 0 Å². The molecule has 3 N–H and O–H groups in total. The van der Waals surface area contributed by atoms with Crippen molar-refractivity contribution in [3.63, 3.8) is 0 Å². The first kappa shape index (κ1) is 13.4. The molecule has 0 aromatic heterocycles. The number of hydrogen-bond acceptors (Lipinski definition) is 3. The van der Waals surface area contributed by atoms with Gasteiger partial charge in [-0.2, -0.15) is 11.8 Å². The lowest BCUT2D eigenvalue weighted by atomic mass is 10.2. The van der Waals surface area contributed by atoms with Crippen molar-refractivity contribution >= 4 is 17.8 Å². The molecule has 0 radical (unpaired) electrons. The van der Waals surface area contributed by atoms with E-state index >= 15 is 0 Å². The fraction of sp³-hybridized carbons (Fsp3) is 0.727. The van der Waals surface area contributed by atoms with Gasteiger partial charge >= 0.3 is 6.03 Å². The Labute approximate surface area is 101 Å². The van der Waals surface area contributed by atoms with Crippen molar-refractivity contribution in [1.82, 2.24) is 10.6 Å². The van der Waals surface area contributed by atoms with Gasteiger partial charge in [0.25, 0.3) is 0 Å². The summed E-state index contributed by atoms with van der Waals surface area (Å²) in [5, 5.41) is 14.7. The van der Waals surface area contributed by atoms with Gasteiger partial charge in [0.1, 0.15) is 0 Å². The van der Waals surface area contributed by atoms with E-state index in [4.69, 9.17) is 5.11 Å². The number of rotatable bonds is 6. The quantitative estimate of drug-likeness (QED) is 0.614. The molecule has 1 rings (SSSR count). The van der Waals surface area contributed by atoms with Crippen molar-refractivity contribution in [1.29, 1.82) is 0 Å². The Balaban J connectivity index is 2.24. The Morgan fingerprint density at radius 2 is 2.25 bits per heavy atom. The Bertz CT molecular complexity index is 232. The first-order valence-corrected chi connectivity index (χ1v) is 6.97. The van der Waals surface area contributed by atoms with Crippen molar-refractivity contribution in [2.45, 2.75) is 31.3 Å². The van der Waals surface area contributed by atoms with Crippen LogP contribution in [-0.4, -0.2) is 41.8 Å². The van der Waals surface area contributed by atoms with Crippen LogP contribution in [0.2, 0.25) is 0 Å². The Morgan fingerprint density at radius 3 is 2.81 bits per heavy atom. The number of thioether (sulfide) groups is 1. The summed E-state index contributed by atoms with van der Waals surface area (Å²) in [5.74, 6) is 0.830. The second-order valence-corrected chi connectivity index (χ2v) is 4.83. The maximum atomic E-state index is 11.6. The molecule has 0 aliphatic heterocycles. The lowest BCUT2D eigenvalue weighted by Gasteiger charge is -2.19. The van der Waals surface area contributed by atoms with Crippen LogP contribution in [0.25, 0.3) is 0 Å². The molecule has 2 amide bonds. The van der Waals surface area contributed by atoms with Gasteiger partial charge in [0.05, 0.1) is 0 Å². The van der Waals surface area contributed by atoms with Crippen LogP contribution < -0.4 is 10.6 Å². The van der Waals surface area contributed by atoms with Crippen LogP contribution in [0.1, 0.15) is 19.3 Å². The molecule has 1 aliphatic rings. The highest BCUT2D eigenvalue weighted by Crippen LogP contribution is 2.09. The van der Waals surface area contributed by atoms with Crippen molar-refractivity contribution in [3.8, 4) is 0 Å². The normalized spacial score (nSPS) is 17.4. The summed E-state index contributed by atoms with van der Waals surface area (Å²) in [6.45, 7) is 0.108. The van der Waals surface area contributed by atoms with Crippen molar-refractivity contribution in [3.05, 3.63) is 12.2 Å². The number of carbonyl (C=O) groups excluding carboxylic acids is 1. The largest absolute Gasteiger partial charge is 0.396 e. The number of aliphatic hydroxyl groups is 1. The SMILES string of the molecule is CSCC(CCO)NC(=O)NC1CC=CC1. The van der Waals surface area contributed by atoms with E-state index in [-0.39, 0.29) is 24.7 Å². The third kappa shape index (κ3) is 4.90. The zero-order valence-electron chi connectivity index (χ0n) is 9.61. The Morgan fingerprint density at radius 1 is 1.56 bits per heavy atom. The molecule has 1 atom stereocenters. The number of amides is 2. The third-order valence-corrected chi connectivity index (χ3v) is 3.26. The van der Waals surface area contributed by atoms with Gasteiger partial charge in [-0.1, -0.05) is 12.2 Å². The summed E-state index contributed by atoms with van der Waals surface area (Å²) in [5.41, 5.74) is 0. The highest BCUT2D eigenvalue weighted by molar-refractivity contribution is 7.98. The smallest absolute Gasteiger partial charge is 0.315 e. The molecule has 0 saturated carbocycles. The van der Waals surface area contributed by atoms with Crippen LogP contribution in [0.5, 0.6) is 0 Å². The summed E-state index contributed by atoms with van der Waals surface area (Å²) in [7, 11) is 0. The zero-order chi connectivity index (χ0) is 11.8. The molecule has 1 unspecified atom stereocenters. The average Bonchev–Trinajstić information content (AvgIpc) is 2.71. The van der Waals surface area contributed by atoms with E-state index in [2.05, 4.69) is 22.8 Å². The first-order valence-electron chi connectivity index (χ1n) is 5.58. The Kier molecular flexibility index (Phi) is 6.33. The van der Waals surface area contributed by atoms with Gasteiger partial charge in [-0.25, -0.2) is 4.79 Å². The van der Waals surface area contributed by atoms with Crippen LogP contribution in [0, 0.1) is 0 Å². The van der Waals surface area contributed by atoms with E-state index in [0.717, 1.165) is 18.6 Å². The average molecular weight is 244 g/mol. The van der Waals surface area contributed by atoms with Crippen molar-refractivity contribution in [2.75, 3.05) is 18.6 Å². The highest BCUT2D eigenvalue weighted by atomic mass is 32.2. The number of urea groups is 1.